The largest absolute Gasteiger partial charge is 0.385 e. The van der Waals surface area contributed by atoms with E-state index in [0.29, 0.717) is 43.4 Å². The van der Waals surface area contributed by atoms with Crippen molar-refractivity contribution >= 4 is 23.5 Å². The minimum Gasteiger partial charge on any atom is -0.385 e. The Balaban J connectivity index is 1.24. The lowest BCUT2D eigenvalue weighted by Crippen LogP contribution is -2.58. The van der Waals surface area contributed by atoms with Crippen molar-refractivity contribution in [1.29, 1.82) is 0 Å². The van der Waals surface area contributed by atoms with Crippen molar-refractivity contribution in [3.05, 3.63) is 70.7 Å². The number of halogens is 1. The van der Waals surface area contributed by atoms with Gasteiger partial charge in [-0.05, 0) is 81.0 Å². The molecule has 0 unspecified atom stereocenters. The maximum absolute atomic E-state index is 14.1. The monoisotopic (exact) mass is 608 g/mol. The summed E-state index contributed by atoms with van der Waals surface area (Å²) < 4.78 is 0. The number of carbonyl (C=O) groups is 2. The summed E-state index contributed by atoms with van der Waals surface area (Å²) in [5.74, 6) is 0.125. The van der Waals surface area contributed by atoms with Gasteiger partial charge in [0, 0.05) is 50.3 Å². The first-order chi connectivity index (χ1) is 20.7. The van der Waals surface area contributed by atoms with E-state index >= 15 is 0 Å². The van der Waals surface area contributed by atoms with E-state index in [-0.39, 0.29) is 30.1 Å². The summed E-state index contributed by atoms with van der Waals surface area (Å²) in [4.78, 5) is 33.3. The third-order valence-corrected chi connectivity index (χ3v) is 10.2. The Morgan fingerprint density at radius 3 is 2.12 bits per heavy atom. The van der Waals surface area contributed by atoms with Crippen LogP contribution in [0.2, 0.25) is 5.02 Å². The van der Waals surface area contributed by atoms with Crippen LogP contribution in [0.1, 0.15) is 81.8 Å². The van der Waals surface area contributed by atoms with Gasteiger partial charge in [-0.15, -0.1) is 0 Å². The summed E-state index contributed by atoms with van der Waals surface area (Å²) in [5, 5.41) is 15.8. The number of likely N-dealkylation sites (tertiary alicyclic amines) is 1. The molecule has 8 heteroatoms. The number of urea groups is 1. The molecule has 2 N–H and O–H groups in total. The third kappa shape index (κ3) is 7.92. The number of aliphatic hydroxyl groups is 1. The van der Waals surface area contributed by atoms with Crippen molar-refractivity contribution in [2.75, 3.05) is 27.2 Å². The zero-order valence-corrected chi connectivity index (χ0v) is 26.6. The van der Waals surface area contributed by atoms with Crippen molar-refractivity contribution in [2.45, 2.75) is 107 Å². The van der Waals surface area contributed by atoms with Crippen LogP contribution in [-0.2, 0) is 16.8 Å². The highest BCUT2D eigenvalue weighted by Gasteiger charge is 2.39. The van der Waals surface area contributed by atoms with Crippen molar-refractivity contribution < 1.29 is 14.7 Å². The number of nitrogens with zero attached hydrogens (tertiary/aromatic N) is 3. The molecule has 2 aliphatic carbocycles. The minimum atomic E-state index is -0.814. The lowest BCUT2D eigenvalue weighted by atomic mass is 9.77. The molecule has 0 radical (unpaired) electrons. The molecule has 43 heavy (non-hydrogen) atoms. The molecular weight excluding hydrogens is 560 g/mol. The van der Waals surface area contributed by atoms with Gasteiger partial charge in [0.2, 0.25) is 5.91 Å². The van der Waals surface area contributed by atoms with Crippen LogP contribution in [0, 0.1) is 0 Å². The fraction of sp³-hybridized carbons (Fsp3) is 0.600. The molecule has 3 aliphatic rings. The SMILES string of the molecule is CN(C)C(=O)N(C1CCCCC1)C1CCN(C(=O)[C@@H](Cc2ccc(Cl)cc2)NC2CCC(O)(c3ccccc3)CC2)CC1. The molecular formula is C35H49ClN4O3. The zero-order chi connectivity index (χ0) is 30.4. The summed E-state index contributed by atoms with van der Waals surface area (Å²) >= 11 is 6.16. The number of rotatable bonds is 8. The highest BCUT2D eigenvalue weighted by molar-refractivity contribution is 6.30. The Hall–Kier alpha value is -2.61. The average Bonchev–Trinajstić information content (AvgIpc) is 3.04. The standard InChI is InChI=1S/C35H49ClN4O3/c1-38(2)34(42)40(30-11-7-4-8-12-30)31-19-23-39(24-20-31)33(41)32(25-26-13-15-28(36)16-14-26)37-29-17-21-35(43,22-18-29)27-9-5-3-6-10-27/h3,5-6,9-10,13-16,29-32,37,43H,4,7-8,11-12,17-25H2,1-2H3/t29?,32-,35?/m1/s1. The lowest BCUT2D eigenvalue weighted by molar-refractivity contribution is -0.135. The van der Waals surface area contributed by atoms with Gasteiger partial charge in [-0.25, -0.2) is 4.79 Å². The smallest absolute Gasteiger partial charge is 0.319 e. The van der Waals surface area contributed by atoms with Crippen LogP contribution < -0.4 is 5.32 Å². The zero-order valence-electron chi connectivity index (χ0n) is 25.9. The number of carbonyl (C=O) groups excluding carboxylic acids is 2. The summed E-state index contributed by atoms with van der Waals surface area (Å²) in [6, 6.07) is 18.1. The van der Waals surface area contributed by atoms with Crippen molar-refractivity contribution in [3.8, 4) is 0 Å². The van der Waals surface area contributed by atoms with E-state index in [1.165, 1.54) is 19.3 Å². The molecule has 2 aromatic rings. The molecule has 0 spiro atoms. The molecule has 7 nitrogen and oxygen atoms in total. The quantitative estimate of drug-likeness (QED) is 0.387. The van der Waals surface area contributed by atoms with Crippen LogP contribution in [0.5, 0.6) is 0 Å². The Kier molecular flexibility index (Phi) is 10.7. The Morgan fingerprint density at radius 2 is 1.51 bits per heavy atom. The van der Waals surface area contributed by atoms with Crippen LogP contribution in [0.4, 0.5) is 4.79 Å². The van der Waals surface area contributed by atoms with Crippen molar-refractivity contribution in [1.82, 2.24) is 20.0 Å². The summed E-state index contributed by atoms with van der Waals surface area (Å²) in [5.41, 5.74) is 1.23. The number of benzene rings is 2. The van der Waals surface area contributed by atoms with Gasteiger partial charge >= 0.3 is 6.03 Å². The molecule has 3 amide bonds. The van der Waals surface area contributed by atoms with E-state index in [1.54, 1.807) is 4.90 Å². The van der Waals surface area contributed by atoms with Gasteiger partial charge in [-0.1, -0.05) is 73.3 Å². The highest BCUT2D eigenvalue weighted by atomic mass is 35.5. The Morgan fingerprint density at radius 1 is 0.907 bits per heavy atom. The molecule has 3 fully saturated rings. The highest BCUT2D eigenvalue weighted by Crippen LogP contribution is 2.37. The number of nitrogens with one attached hydrogen (secondary N) is 1. The van der Waals surface area contributed by atoms with E-state index in [2.05, 4.69) is 10.2 Å². The molecule has 1 heterocycles. The Labute approximate surface area is 262 Å². The molecule has 1 atom stereocenters. The fourth-order valence-corrected chi connectivity index (χ4v) is 7.57. The molecule has 1 saturated heterocycles. The van der Waals surface area contributed by atoms with Crippen molar-refractivity contribution in [2.24, 2.45) is 0 Å². The van der Waals surface area contributed by atoms with Crippen LogP contribution in [0.15, 0.2) is 54.6 Å². The topological polar surface area (TPSA) is 76.1 Å². The molecule has 2 saturated carbocycles. The van der Waals surface area contributed by atoms with Crippen LogP contribution >= 0.6 is 11.6 Å². The van der Waals surface area contributed by atoms with Gasteiger partial charge in [0.1, 0.15) is 0 Å². The second-order valence-electron chi connectivity index (χ2n) is 13.2. The van der Waals surface area contributed by atoms with Gasteiger partial charge in [0.05, 0.1) is 11.6 Å². The van der Waals surface area contributed by atoms with Gasteiger partial charge in [0.15, 0.2) is 0 Å². The fourth-order valence-electron chi connectivity index (χ4n) is 7.44. The predicted molar refractivity (Wildman–Crippen MR) is 172 cm³/mol. The predicted octanol–water partition coefficient (Wildman–Crippen LogP) is 5.98. The van der Waals surface area contributed by atoms with Gasteiger partial charge in [-0.3, -0.25) is 4.79 Å². The van der Waals surface area contributed by atoms with E-state index in [0.717, 1.165) is 49.7 Å². The molecule has 1 aliphatic heterocycles. The normalized spacial score (nSPS) is 24.4. The molecule has 5 rings (SSSR count). The number of piperidine rings is 1. The third-order valence-electron chi connectivity index (χ3n) is 9.95. The van der Waals surface area contributed by atoms with Crippen LogP contribution in [0.3, 0.4) is 0 Å². The van der Waals surface area contributed by atoms with Crippen molar-refractivity contribution in [3.63, 3.8) is 0 Å². The van der Waals surface area contributed by atoms with Gasteiger partial charge in [-0.2, -0.15) is 0 Å². The van der Waals surface area contributed by atoms with E-state index in [1.807, 2.05) is 73.6 Å². The first-order valence-electron chi connectivity index (χ1n) is 16.3. The number of amides is 3. The van der Waals surface area contributed by atoms with Gasteiger partial charge in [0.25, 0.3) is 0 Å². The second kappa shape index (κ2) is 14.4. The summed E-state index contributed by atoms with van der Waals surface area (Å²) in [7, 11) is 3.69. The number of hydrogen-bond acceptors (Lipinski definition) is 4. The molecule has 0 bridgehead atoms. The minimum absolute atomic E-state index is 0.103. The van der Waals surface area contributed by atoms with Gasteiger partial charge < -0.3 is 25.1 Å². The van der Waals surface area contributed by atoms with E-state index in [4.69, 9.17) is 11.6 Å². The number of hydrogen-bond donors (Lipinski definition) is 2. The summed E-state index contributed by atoms with van der Waals surface area (Å²) in [6.45, 7) is 1.31. The maximum Gasteiger partial charge on any atom is 0.319 e. The molecule has 234 valence electrons. The second-order valence-corrected chi connectivity index (χ2v) is 13.6. The van der Waals surface area contributed by atoms with Crippen LogP contribution in [-0.4, -0.2) is 83.1 Å². The first kappa shape index (κ1) is 31.8. The lowest BCUT2D eigenvalue weighted by Gasteiger charge is -2.45. The first-order valence-corrected chi connectivity index (χ1v) is 16.7. The summed E-state index contributed by atoms with van der Waals surface area (Å²) in [6.07, 6.45) is 10.9. The van der Waals surface area contributed by atoms with E-state index < -0.39 is 5.60 Å². The molecule has 0 aromatic heterocycles. The Bertz CT molecular complexity index is 1190. The van der Waals surface area contributed by atoms with Crippen LogP contribution in [0.25, 0.3) is 0 Å². The van der Waals surface area contributed by atoms with E-state index in [9.17, 15) is 14.7 Å². The molecule has 2 aromatic carbocycles. The average molecular weight is 609 g/mol. The maximum atomic E-state index is 14.1.